The largest absolute Gasteiger partial charge is 0.353 e. The fraction of sp³-hybridized carbons (Fsp3) is 0.857. The number of likely N-dealkylation sites (tertiary alicyclic amines) is 1. The quantitative estimate of drug-likeness (QED) is 0.811. The minimum absolute atomic E-state index is 0. The van der Waals surface area contributed by atoms with Crippen molar-refractivity contribution in [2.45, 2.75) is 51.1 Å². The van der Waals surface area contributed by atoms with Crippen molar-refractivity contribution in [1.82, 2.24) is 15.5 Å². The lowest BCUT2D eigenvalue weighted by Crippen LogP contribution is -2.51. The number of rotatable bonds is 3. The second-order valence-electron chi connectivity index (χ2n) is 6.26. The summed E-state index contributed by atoms with van der Waals surface area (Å²) in [7, 11) is 0. The summed E-state index contributed by atoms with van der Waals surface area (Å²) < 4.78 is 26.2. The molecule has 0 aromatic rings. The molecule has 2 N–H and O–H groups in total. The van der Waals surface area contributed by atoms with Crippen molar-refractivity contribution in [3.8, 4) is 0 Å². The van der Waals surface area contributed by atoms with Gasteiger partial charge in [-0.2, -0.15) is 0 Å². The van der Waals surface area contributed by atoms with Crippen LogP contribution in [0.1, 0.15) is 33.1 Å². The number of halogens is 3. The van der Waals surface area contributed by atoms with Gasteiger partial charge in [0.2, 0.25) is 11.8 Å². The van der Waals surface area contributed by atoms with E-state index < -0.39 is 24.9 Å². The van der Waals surface area contributed by atoms with E-state index in [1.54, 1.807) is 4.90 Å². The monoisotopic (exact) mass is 339 g/mol. The smallest absolute Gasteiger partial charge is 0.262 e. The van der Waals surface area contributed by atoms with Gasteiger partial charge >= 0.3 is 0 Å². The van der Waals surface area contributed by atoms with Crippen LogP contribution in [-0.2, 0) is 9.59 Å². The van der Waals surface area contributed by atoms with Crippen molar-refractivity contribution < 1.29 is 18.4 Å². The Balaban J connectivity index is 0.00000242. The van der Waals surface area contributed by atoms with Crippen LogP contribution in [0.4, 0.5) is 8.78 Å². The predicted molar refractivity (Wildman–Crippen MR) is 81.2 cm³/mol. The minimum atomic E-state index is -2.79. The first-order chi connectivity index (χ1) is 9.78. The fourth-order valence-corrected chi connectivity index (χ4v) is 2.72. The highest BCUT2D eigenvalue weighted by Crippen LogP contribution is 2.26. The summed E-state index contributed by atoms with van der Waals surface area (Å²) in [4.78, 5) is 25.4. The van der Waals surface area contributed by atoms with Crippen LogP contribution in [0.5, 0.6) is 0 Å². The summed E-state index contributed by atoms with van der Waals surface area (Å²) in [5, 5.41) is 5.54. The van der Waals surface area contributed by atoms with Crippen LogP contribution in [0.25, 0.3) is 0 Å². The van der Waals surface area contributed by atoms with Crippen molar-refractivity contribution in [2.24, 2.45) is 5.92 Å². The molecule has 2 amide bonds. The molecule has 1 unspecified atom stereocenters. The maximum absolute atomic E-state index is 13.1. The third-order valence-corrected chi connectivity index (χ3v) is 4.09. The molecule has 2 heterocycles. The summed E-state index contributed by atoms with van der Waals surface area (Å²) in [6.07, 6.45) is 0.927. The lowest BCUT2D eigenvalue weighted by atomic mass is 10.0. The van der Waals surface area contributed by atoms with Gasteiger partial charge in [-0.1, -0.05) is 13.8 Å². The molecule has 0 bridgehead atoms. The first-order valence-electron chi connectivity index (χ1n) is 7.49. The van der Waals surface area contributed by atoms with Gasteiger partial charge in [0.1, 0.15) is 0 Å². The van der Waals surface area contributed by atoms with Gasteiger partial charge in [-0.25, -0.2) is 8.78 Å². The number of carbonyl (C=O) groups excluding carboxylic acids is 2. The second kappa shape index (κ2) is 7.55. The Kier molecular flexibility index (Phi) is 6.55. The zero-order valence-electron chi connectivity index (χ0n) is 12.9. The number of hydrogen-bond acceptors (Lipinski definition) is 3. The SMILES string of the molecule is CC(C)C(=O)NC1CCN(C(=O)C2CC(F)(F)CN2)CC1.Cl. The summed E-state index contributed by atoms with van der Waals surface area (Å²) in [6, 6.07) is -0.705. The van der Waals surface area contributed by atoms with Crippen molar-refractivity contribution >= 4 is 24.2 Å². The van der Waals surface area contributed by atoms with E-state index in [0.29, 0.717) is 25.9 Å². The molecule has 0 aromatic heterocycles. The lowest BCUT2D eigenvalue weighted by molar-refractivity contribution is -0.135. The van der Waals surface area contributed by atoms with E-state index in [0.717, 1.165) is 0 Å². The highest BCUT2D eigenvalue weighted by atomic mass is 35.5. The Hall–Kier alpha value is -0.950. The van der Waals surface area contributed by atoms with Crippen LogP contribution >= 0.6 is 12.4 Å². The second-order valence-corrected chi connectivity index (χ2v) is 6.26. The maximum atomic E-state index is 13.1. The molecule has 2 rings (SSSR count). The number of alkyl halides is 2. The van der Waals surface area contributed by atoms with E-state index in [-0.39, 0.29) is 36.2 Å². The van der Waals surface area contributed by atoms with E-state index in [2.05, 4.69) is 10.6 Å². The van der Waals surface area contributed by atoms with E-state index in [1.807, 2.05) is 13.8 Å². The predicted octanol–water partition coefficient (Wildman–Crippen LogP) is 1.17. The number of amides is 2. The summed E-state index contributed by atoms with van der Waals surface area (Å²) in [5.74, 6) is -3.09. The number of hydrogen-bond donors (Lipinski definition) is 2. The zero-order chi connectivity index (χ0) is 15.6. The van der Waals surface area contributed by atoms with Crippen LogP contribution in [0, 0.1) is 5.92 Å². The van der Waals surface area contributed by atoms with Gasteiger partial charge in [0.05, 0.1) is 12.6 Å². The molecular weight excluding hydrogens is 316 g/mol. The third kappa shape index (κ3) is 4.78. The molecule has 0 saturated carbocycles. The van der Waals surface area contributed by atoms with Crippen molar-refractivity contribution in [1.29, 1.82) is 0 Å². The zero-order valence-corrected chi connectivity index (χ0v) is 13.7. The van der Waals surface area contributed by atoms with Crippen molar-refractivity contribution in [2.75, 3.05) is 19.6 Å². The Morgan fingerprint density at radius 3 is 2.32 bits per heavy atom. The van der Waals surface area contributed by atoms with E-state index in [4.69, 9.17) is 0 Å². The molecule has 2 fully saturated rings. The Bertz CT molecular complexity index is 413. The normalized spacial score (nSPS) is 25.0. The maximum Gasteiger partial charge on any atom is 0.262 e. The standard InChI is InChI=1S/C14H23F2N3O2.ClH/c1-9(2)12(20)18-10-3-5-19(6-4-10)13(21)11-7-14(15,16)8-17-11;/h9-11,17H,3-8H2,1-2H3,(H,18,20);1H. The first-order valence-corrected chi connectivity index (χ1v) is 7.49. The van der Waals surface area contributed by atoms with Gasteiger partial charge in [-0.3, -0.25) is 14.9 Å². The molecule has 0 radical (unpaired) electrons. The topological polar surface area (TPSA) is 61.4 Å². The molecule has 0 spiro atoms. The highest BCUT2D eigenvalue weighted by Gasteiger charge is 2.43. The molecule has 2 saturated heterocycles. The van der Waals surface area contributed by atoms with Crippen LogP contribution in [0.15, 0.2) is 0 Å². The third-order valence-electron chi connectivity index (χ3n) is 4.09. The average molecular weight is 340 g/mol. The molecule has 128 valence electrons. The first kappa shape index (κ1) is 19.1. The highest BCUT2D eigenvalue weighted by molar-refractivity contribution is 5.85. The number of carbonyl (C=O) groups is 2. The van der Waals surface area contributed by atoms with E-state index >= 15 is 0 Å². The van der Waals surface area contributed by atoms with Crippen LogP contribution in [-0.4, -0.2) is 54.4 Å². The molecule has 22 heavy (non-hydrogen) atoms. The Morgan fingerprint density at radius 2 is 1.86 bits per heavy atom. The number of nitrogens with zero attached hydrogens (tertiary/aromatic N) is 1. The van der Waals surface area contributed by atoms with Crippen LogP contribution in [0.2, 0.25) is 0 Å². The fourth-order valence-electron chi connectivity index (χ4n) is 2.72. The number of nitrogens with one attached hydrogen (secondary N) is 2. The van der Waals surface area contributed by atoms with Gasteiger partial charge in [0, 0.05) is 31.5 Å². The van der Waals surface area contributed by atoms with Gasteiger partial charge in [-0.05, 0) is 12.8 Å². The Morgan fingerprint density at radius 1 is 1.27 bits per heavy atom. The van der Waals surface area contributed by atoms with Crippen molar-refractivity contribution in [3.63, 3.8) is 0 Å². The van der Waals surface area contributed by atoms with Gasteiger partial charge in [-0.15, -0.1) is 12.4 Å². The molecule has 0 aliphatic carbocycles. The molecular formula is C14H24ClF2N3O2. The van der Waals surface area contributed by atoms with Crippen LogP contribution < -0.4 is 10.6 Å². The summed E-state index contributed by atoms with van der Waals surface area (Å²) in [5.41, 5.74) is 0. The van der Waals surface area contributed by atoms with E-state index in [9.17, 15) is 18.4 Å². The Labute approximate surface area is 135 Å². The molecule has 2 aliphatic heterocycles. The van der Waals surface area contributed by atoms with E-state index in [1.165, 1.54) is 0 Å². The van der Waals surface area contributed by atoms with Gasteiger partial charge in [0.25, 0.3) is 5.92 Å². The molecule has 5 nitrogen and oxygen atoms in total. The van der Waals surface area contributed by atoms with Gasteiger partial charge in [0.15, 0.2) is 0 Å². The minimum Gasteiger partial charge on any atom is -0.353 e. The summed E-state index contributed by atoms with van der Waals surface area (Å²) >= 11 is 0. The lowest BCUT2D eigenvalue weighted by Gasteiger charge is -2.34. The molecule has 1 atom stereocenters. The average Bonchev–Trinajstić information content (AvgIpc) is 2.79. The summed E-state index contributed by atoms with van der Waals surface area (Å²) in [6.45, 7) is 4.25. The molecule has 2 aliphatic rings. The molecule has 8 heteroatoms. The van der Waals surface area contributed by atoms with Crippen LogP contribution in [0.3, 0.4) is 0 Å². The van der Waals surface area contributed by atoms with Crippen molar-refractivity contribution in [3.05, 3.63) is 0 Å². The van der Waals surface area contributed by atoms with Gasteiger partial charge < -0.3 is 10.2 Å². The molecule has 0 aromatic carbocycles. The number of piperidine rings is 1.